The molecule has 1 fully saturated rings. The van der Waals surface area contributed by atoms with Gasteiger partial charge in [0.2, 0.25) is 12.5 Å². The maximum absolute atomic E-state index is 11.0. The Balaban J connectivity index is 2.44. The van der Waals surface area contributed by atoms with E-state index in [4.69, 9.17) is 6.57 Å². The summed E-state index contributed by atoms with van der Waals surface area (Å²) in [5.41, 5.74) is 0. The van der Waals surface area contributed by atoms with Crippen molar-refractivity contribution in [2.45, 2.75) is 6.42 Å². The van der Waals surface area contributed by atoms with E-state index in [1.807, 2.05) is 5.32 Å². The van der Waals surface area contributed by atoms with Crippen LogP contribution in [0.3, 0.4) is 0 Å². The molecule has 3 amide bonds. The topological polar surface area (TPSA) is 83.2 Å². The van der Waals surface area contributed by atoms with E-state index in [9.17, 15) is 14.4 Å². The zero-order chi connectivity index (χ0) is 11.3. The molecule has 1 aliphatic heterocycles. The van der Waals surface area contributed by atoms with Crippen molar-refractivity contribution in [2.24, 2.45) is 5.10 Å². The molecule has 1 saturated heterocycles. The monoisotopic (exact) mass is 208 g/mol. The summed E-state index contributed by atoms with van der Waals surface area (Å²) in [5, 5.41) is 6.40. The van der Waals surface area contributed by atoms with E-state index >= 15 is 0 Å². The van der Waals surface area contributed by atoms with E-state index in [2.05, 4.69) is 9.95 Å². The molecule has 0 aromatic carbocycles. The van der Waals surface area contributed by atoms with E-state index in [1.54, 1.807) is 0 Å². The average Bonchev–Trinajstić information content (AvgIpc) is 2.51. The van der Waals surface area contributed by atoms with Crippen molar-refractivity contribution < 1.29 is 14.4 Å². The molecular weight excluding hydrogens is 200 g/mol. The average molecular weight is 208 g/mol. The normalized spacial score (nSPS) is 15.5. The summed E-state index contributed by atoms with van der Waals surface area (Å²) in [4.78, 5) is 35.7. The molecule has 0 saturated carbocycles. The van der Waals surface area contributed by atoms with Gasteiger partial charge in [-0.3, -0.25) is 14.9 Å². The summed E-state index contributed by atoms with van der Waals surface area (Å²) >= 11 is 0. The second kappa shape index (κ2) is 4.85. The molecule has 0 atom stereocenters. The van der Waals surface area contributed by atoms with Crippen LogP contribution in [-0.4, -0.2) is 42.0 Å². The van der Waals surface area contributed by atoms with Crippen LogP contribution >= 0.6 is 0 Å². The van der Waals surface area contributed by atoms with Crippen molar-refractivity contribution in [2.75, 3.05) is 13.1 Å². The predicted molar refractivity (Wildman–Crippen MR) is 49.8 cm³/mol. The first-order chi connectivity index (χ1) is 7.13. The minimum absolute atomic E-state index is 0.0659. The van der Waals surface area contributed by atoms with Gasteiger partial charge in [0, 0.05) is 0 Å². The van der Waals surface area contributed by atoms with Crippen LogP contribution in [0, 0.1) is 6.57 Å². The number of imide groups is 1. The molecular formula is C8H8N4O3. The Hall–Kier alpha value is -2.23. The highest BCUT2D eigenvalue weighted by molar-refractivity contribution is 6.27. The number of hydrazone groups is 1. The lowest BCUT2D eigenvalue weighted by atomic mass is 10.3. The summed E-state index contributed by atoms with van der Waals surface area (Å²) in [6.45, 7) is 6.38. The van der Waals surface area contributed by atoms with Crippen LogP contribution < -0.4 is 5.32 Å². The fourth-order valence-corrected chi connectivity index (χ4v) is 0.889. The van der Waals surface area contributed by atoms with Crippen LogP contribution in [0.15, 0.2) is 5.10 Å². The highest BCUT2D eigenvalue weighted by Crippen LogP contribution is 1.97. The largest absolute Gasteiger partial charge is 0.344 e. The second-order valence-corrected chi connectivity index (χ2v) is 2.75. The third-order valence-corrected chi connectivity index (χ3v) is 1.59. The standard InChI is InChI=1S/C8H8N4O3/c1-9-3-2-6(13)4-10-12-5-7(14)11-8(12)15/h4H,2-3,5H2,(H,11,14,15)/b10-4-. The van der Waals surface area contributed by atoms with Crippen molar-refractivity contribution in [3.05, 3.63) is 11.4 Å². The third-order valence-electron chi connectivity index (χ3n) is 1.59. The van der Waals surface area contributed by atoms with E-state index in [0.29, 0.717) is 0 Å². The van der Waals surface area contributed by atoms with Crippen molar-refractivity contribution in [1.29, 1.82) is 0 Å². The number of carbonyl (C=O) groups excluding carboxylic acids is 3. The molecule has 0 aromatic heterocycles. The second-order valence-electron chi connectivity index (χ2n) is 2.75. The minimum atomic E-state index is -0.644. The van der Waals surface area contributed by atoms with Crippen molar-refractivity contribution in [1.82, 2.24) is 10.3 Å². The van der Waals surface area contributed by atoms with Crippen LogP contribution in [0.25, 0.3) is 4.85 Å². The number of amides is 3. The van der Waals surface area contributed by atoms with E-state index < -0.39 is 11.9 Å². The van der Waals surface area contributed by atoms with Gasteiger partial charge in [-0.15, -0.1) is 0 Å². The molecule has 0 aromatic rings. The maximum atomic E-state index is 11.0. The fourth-order valence-electron chi connectivity index (χ4n) is 0.889. The molecule has 0 aliphatic carbocycles. The van der Waals surface area contributed by atoms with Crippen LogP contribution in [0.5, 0.6) is 0 Å². The first-order valence-corrected chi connectivity index (χ1v) is 4.15. The highest BCUT2D eigenvalue weighted by atomic mass is 16.2. The lowest BCUT2D eigenvalue weighted by molar-refractivity contribution is -0.118. The van der Waals surface area contributed by atoms with Gasteiger partial charge in [-0.1, -0.05) is 0 Å². The van der Waals surface area contributed by atoms with Crippen molar-refractivity contribution in [3.63, 3.8) is 0 Å². The lowest BCUT2D eigenvalue weighted by Crippen LogP contribution is -2.24. The van der Waals surface area contributed by atoms with Gasteiger partial charge in [-0.25, -0.2) is 16.4 Å². The Labute approximate surface area is 85.6 Å². The zero-order valence-electron chi connectivity index (χ0n) is 7.77. The number of Topliss-reactive ketones (excluding diaryl/α,β-unsaturated/α-hetero) is 1. The molecule has 1 heterocycles. The number of rotatable bonds is 4. The number of nitrogens with zero attached hydrogens (tertiary/aromatic N) is 3. The van der Waals surface area contributed by atoms with Crippen LogP contribution in [0.2, 0.25) is 0 Å². The van der Waals surface area contributed by atoms with Gasteiger partial charge in [0.25, 0.3) is 0 Å². The predicted octanol–water partition coefficient (Wildman–Crippen LogP) is -0.598. The first-order valence-electron chi connectivity index (χ1n) is 4.15. The number of carbonyl (C=O) groups is 3. The first kappa shape index (κ1) is 10.8. The molecule has 0 bridgehead atoms. The van der Waals surface area contributed by atoms with Gasteiger partial charge in [0.1, 0.15) is 6.54 Å². The molecule has 7 heteroatoms. The van der Waals surface area contributed by atoms with E-state index in [0.717, 1.165) is 11.2 Å². The molecule has 1 N–H and O–H groups in total. The lowest BCUT2D eigenvalue weighted by Gasteiger charge is -2.02. The van der Waals surface area contributed by atoms with Gasteiger partial charge >= 0.3 is 6.03 Å². The number of urea groups is 1. The van der Waals surface area contributed by atoms with E-state index in [-0.39, 0.29) is 25.3 Å². The summed E-state index contributed by atoms with van der Waals surface area (Å²) in [5.74, 6) is -0.802. The molecule has 0 radical (unpaired) electrons. The Morgan fingerprint density at radius 1 is 1.67 bits per heavy atom. The summed E-state index contributed by atoms with van der Waals surface area (Å²) in [7, 11) is 0. The molecule has 7 nitrogen and oxygen atoms in total. The fraction of sp³-hybridized carbons (Fsp3) is 0.375. The van der Waals surface area contributed by atoms with E-state index in [1.165, 1.54) is 0 Å². The summed E-state index contributed by atoms with van der Waals surface area (Å²) in [6, 6.07) is -0.644. The van der Waals surface area contributed by atoms with Gasteiger partial charge in [0.15, 0.2) is 5.78 Å². The Bertz CT molecular complexity index is 369. The zero-order valence-corrected chi connectivity index (χ0v) is 7.77. The number of nitrogens with one attached hydrogen (secondary N) is 1. The quantitative estimate of drug-likeness (QED) is 0.380. The molecule has 1 aliphatic rings. The molecule has 15 heavy (non-hydrogen) atoms. The van der Waals surface area contributed by atoms with Gasteiger partial charge in [-0.2, -0.15) is 5.10 Å². The Morgan fingerprint density at radius 2 is 2.40 bits per heavy atom. The summed E-state index contributed by atoms with van der Waals surface area (Å²) in [6.07, 6.45) is 1.01. The Kier molecular flexibility index (Phi) is 3.51. The maximum Gasteiger partial charge on any atom is 0.344 e. The molecule has 78 valence electrons. The van der Waals surface area contributed by atoms with Crippen LogP contribution in [0.1, 0.15) is 6.42 Å². The van der Waals surface area contributed by atoms with Crippen molar-refractivity contribution in [3.8, 4) is 0 Å². The van der Waals surface area contributed by atoms with Crippen molar-refractivity contribution >= 4 is 23.9 Å². The highest BCUT2D eigenvalue weighted by Gasteiger charge is 2.26. The SMILES string of the molecule is [C-]#[N+]CCC(=O)/C=N\N1CC(=O)NC1=O. The number of ketones is 1. The van der Waals surface area contributed by atoms with Crippen LogP contribution in [0.4, 0.5) is 4.79 Å². The van der Waals surface area contributed by atoms with Gasteiger partial charge in [0.05, 0.1) is 12.6 Å². The van der Waals surface area contributed by atoms with Gasteiger partial charge < -0.3 is 4.85 Å². The minimum Gasteiger partial charge on any atom is -0.316 e. The smallest absolute Gasteiger partial charge is 0.316 e. The Morgan fingerprint density at radius 3 is 2.93 bits per heavy atom. The number of hydrogen-bond donors (Lipinski definition) is 1. The van der Waals surface area contributed by atoms with Gasteiger partial charge in [-0.05, 0) is 0 Å². The molecule has 0 spiro atoms. The summed E-state index contributed by atoms with van der Waals surface area (Å²) < 4.78 is 0. The molecule has 0 unspecified atom stereocenters. The number of hydrogen-bond acceptors (Lipinski definition) is 4. The van der Waals surface area contributed by atoms with Crippen LogP contribution in [-0.2, 0) is 9.59 Å². The molecule has 1 rings (SSSR count). The third kappa shape index (κ3) is 3.19.